The number of likely N-dealkylation sites (tertiary alicyclic amines) is 1. The molecule has 3 fully saturated rings. The molecule has 13 nitrogen and oxygen atoms in total. The molecule has 3 N–H and O–H groups in total. The van der Waals surface area contributed by atoms with Gasteiger partial charge in [-0.1, -0.05) is 43.0 Å². The molecular formula is C35H37N5O8S. The molecule has 1 aromatic heterocycles. The number of amides is 4. The minimum atomic E-state index is -3.88. The maximum atomic E-state index is 14.0. The molecule has 2 saturated carbocycles. The van der Waals surface area contributed by atoms with Crippen molar-refractivity contribution in [2.24, 2.45) is 5.92 Å². The Bertz CT molecular complexity index is 1950. The SMILES string of the molecule is C=CC(=O)NCC(=O)N1C[C@H](Oc2cc(-c3ccccc3)nc3cc(OC)ccc23)C[C@H]1C(=O)N[C@]1(C(=O)NS(=O)(=O)C2CC2)C[C@H]1C=C. The fraction of sp³-hybridized carbons (Fsp3) is 0.343. The molecule has 3 aromatic rings. The minimum absolute atomic E-state index is 0.0122. The molecule has 2 aromatic carbocycles. The highest BCUT2D eigenvalue weighted by molar-refractivity contribution is 7.91. The van der Waals surface area contributed by atoms with Gasteiger partial charge in [0.2, 0.25) is 27.7 Å². The fourth-order valence-corrected chi connectivity index (χ4v) is 7.46. The lowest BCUT2D eigenvalue weighted by Gasteiger charge is -2.26. The monoisotopic (exact) mass is 687 g/mol. The van der Waals surface area contributed by atoms with E-state index in [0.717, 1.165) is 11.6 Å². The maximum Gasteiger partial charge on any atom is 0.259 e. The molecule has 14 heteroatoms. The zero-order valence-electron chi connectivity index (χ0n) is 26.9. The van der Waals surface area contributed by atoms with Gasteiger partial charge in [0.1, 0.15) is 29.2 Å². The largest absolute Gasteiger partial charge is 0.497 e. The highest BCUT2D eigenvalue weighted by atomic mass is 32.2. The fourth-order valence-electron chi connectivity index (χ4n) is 6.10. The van der Waals surface area contributed by atoms with Crippen LogP contribution in [0.4, 0.5) is 0 Å². The van der Waals surface area contributed by atoms with Gasteiger partial charge in [-0.3, -0.25) is 23.9 Å². The van der Waals surface area contributed by atoms with Gasteiger partial charge < -0.3 is 25.0 Å². The van der Waals surface area contributed by atoms with Crippen molar-refractivity contribution in [3.8, 4) is 22.8 Å². The Morgan fingerprint density at radius 2 is 1.84 bits per heavy atom. The second-order valence-electron chi connectivity index (χ2n) is 12.4. The van der Waals surface area contributed by atoms with E-state index in [9.17, 15) is 27.6 Å². The van der Waals surface area contributed by atoms with Gasteiger partial charge in [-0.15, -0.1) is 6.58 Å². The summed E-state index contributed by atoms with van der Waals surface area (Å²) in [5.74, 6) is -2.05. The molecule has 2 aliphatic carbocycles. The number of nitrogens with zero attached hydrogens (tertiary/aromatic N) is 2. The van der Waals surface area contributed by atoms with Gasteiger partial charge in [-0.05, 0) is 37.5 Å². The summed E-state index contributed by atoms with van der Waals surface area (Å²) in [7, 11) is -2.32. The average molecular weight is 688 g/mol. The topological polar surface area (TPSA) is 173 Å². The van der Waals surface area contributed by atoms with Crippen LogP contribution in [-0.2, 0) is 29.2 Å². The second kappa shape index (κ2) is 13.3. The number of ether oxygens (including phenoxy) is 2. The minimum Gasteiger partial charge on any atom is -0.497 e. The number of hydrogen-bond donors (Lipinski definition) is 3. The molecule has 0 spiro atoms. The Balaban J connectivity index is 1.28. The first-order valence-corrected chi connectivity index (χ1v) is 17.4. The van der Waals surface area contributed by atoms with Crippen LogP contribution in [-0.4, -0.2) is 85.1 Å². The number of carbonyl (C=O) groups is 4. The van der Waals surface area contributed by atoms with Crippen molar-refractivity contribution in [2.45, 2.75) is 48.6 Å². The average Bonchev–Trinajstić information content (AvgIpc) is 4.03. The van der Waals surface area contributed by atoms with Gasteiger partial charge in [0.25, 0.3) is 5.91 Å². The zero-order chi connectivity index (χ0) is 34.9. The maximum absolute atomic E-state index is 14.0. The molecule has 3 aliphatic rings. The summed E-state index contributed by atoms with van der Waals surface area (Å²) >= 11 is 0. The van der Waals surface area contributed by atoms with Gasteiger partial charge >= 0.3 is 0 Å². The van der Waals surface area contributed by atoms with Crippen molar-refractivity contribution in [1.82, 2.24) is 25.2 Å². The van der Waals surface area contributed by atoms with E-state index >= 15 is 0 Å². The standard InChI is InChI=1S/C35H37N5O8S/c1-4-22-18-35(22,34(44)39-49(45,46)25-12-13-25)38-33(43)29-16-24(20-40(29)32(42)19-36-31(41)5-2)48-30-17-27(21-9-7-6-8-10-21)37-28-15-23(47-3)11-14-26(28)30/h4-11,14-15,17,22,24-25,29H,1-2,12-13,16,18-20H2,3H3,(H,36,41)(H,38,43)(H,39,44)/t22-,24-,29+,35-/m1/s1. The zero-order valence-corrected chi connectivity index (χ0v) is 27.7. The van der Waals surface area contributed by atoms with Crippen LogP contribution in [0.5, 0.6) is 11.5 Å². The van der Waals surface area contributed by atoms with Crippen LogP contribution >= 0.6 is 0 Å². The Morgan fingerprint density at radius 3 is 2.49 bits per heavy atom. The third kappa shape index (κ3) is 7.00. The van der Waals surface area contributed by atoms with Crippen LogP contribution in [0.3, 0.4) is 0 Å². The normalized spacial score (nSPS) is 22.9. The van der Waals surface area contributed by atoms with Crippen LogP contribution in [0, 0.1) is 5.92 Å². The number of hydrogen-bond acceptors (Lipinski definition) is 9. The van der Waals surface area contributed by atoms with E-state index in [2.05, 4.69) is 28.5 Å². The molecule has 2 heterocycles. The van der Waals surface area contributed by atoms with Crippen LogP contribution < -0.4 is 24.8 Å². The summed E-state index contributed by atoms with van der Waals surface area (Å²) in [5.41, 5.74) is 0.573. The van der Waals surface area contributed by atoms with E-state index in [1.807, 2.05) is 36.4 Å². The Labute approximate surface area is 283 Å². The highest BCUT2D eigenvalue weighted by Gasteiger charge is 2.62. The first-order chi connectivity index (χ1) is 23.5. The van der Waals surface area contributed by atoms with Crippen molar-refractivity contribution in [1.29, 1.82) is 0 Å². The van der Waals surface area contributed by atoms with Gasteiger partial charge in [-0.25, -0.2) is 13.4 Å². The molecule has 0 bridgehead atoms. The first-order valence-electron chi connectivity index (χ1n) is 15.9. The van der Waals surface area contributed by atoms with Gasteiger partial charge in [0.05, 0.1) is 36.7 Å². The van der Waals surface area contributed by atoms with E-state index in [1.165, 1.54) is 11.0 Å². The van der Waals surface area contributed by atoms with E-state index < -0.39 is 69.0 Å². The summed E-state index contributed by atoms with van der Waals surface area (Å²) < 4.78 is 39.2. The summed E-state index contributed by atoms with van der Waals surface area (Å²) in [4.78, 5) is 58.7. The third-order valence-corrected chi connectivity index (χ3v) is 10.9. The van der Waals surface area contributed by atoms with E-state index in [-0.39, 0.29) is 19.4 Å². The molecule has 49 heavy (non-hydrogen) atoms. The van der Waals surface area contributed by atoms with Crippen LogP contribution in [0.25, 0.3) is 22.2 Å². The van der Waals surface area contributed by atoms with E-state index in [0.29, 0.717) is 40.9 Å². The molecule has 256 valence electrons. The van der Waals surface area contributed by atoms with Crippen molar-refractivity contribution >= 4 is 44.6 Å². The van der Waals surface area contributed by atoms with Crippen molar-refractivity contribution < 1.29 is 37.1 Å². The highest BCUT2D eigenvalue weighted by Crippen LogP contribution is 2.45. The molecule has 4 atom stereocenters. The first kappa shape index (κ1) is 33.7. The molecular weight excluding hydrogens is 650 g/mol. The summed E-state index contributed by atoms with van der Waals surface area (Å²) in [6.07, 6.45) is 2.96. The quantitative estimate of drug-likeness (QED) is 0.180. The van der Waals surface area contributed by atoms with E-state index in [1.54, 1.807) is 25.3 Å². The number of methoxy groups -OCH3 is 1. The number of benzene rings is 2. The van der Waals surface area contributed by atoms with Crippen molar-refractivity contribution in [3.63, 3.8) is 0 Å². The number of pyridine rings is 1. The lowest BCUT2D eigenvalue weighted by Crippen LogP contribution is -2.57. The van der Waals surface area contributed by atoms with Crippen LogP contribution in [0.2, 0.25) is 0 Å². The molecule has 0 unspecified atom stereocenters. The van der Waals surface area contributed by atoms with Crippen LogP contribution in [0.15, 0.2) is 79.9 Å². The predicted octanol–water partition coefficient (Wildman–Crippen LogP) is 2.23. The summed E-state index contributed by atoms with van der Waals surface area (Å²) in [5, 5.41) is 5.24. The van der Waals surface area contributed by atoms with Gasteiger partial charge in [-0.2, -0.15) is 0 Å². The summed E-state index contributed by atoms with van der Waals surface area (Å²) in [6, 6.07) is 15.6. The number of carbonyl (C=O) groups excluding carboxylic acids is 4. The molecule has 1 saturated heterocycles. The molecule has 1 aliphatic heterocycles. The van der Waals surface area contributed by atoms with Crippen LogP contribution in [0.1, 0.15) is 25.7 Å². The predicted molar refractivity (Wildman–Crippen MR) is 181 cm³/mol. The van der Waals surface area contributed by atoms with Crippen molar-refractivity contribution in [2.75, 3.05) is 20.2 Å². The van der Waals surface area contributed by atoms with E-state index in [4.69, 9.17) is 14.5 Å². The Morgan fingerprint density at radius 1 is 1.08 bits per heavy atom. The van der Waals surface area contributed by atoms with Gasteiger partial charge in [0, 0.05) is 35.4 Å². The number of nitrogens with one attached hydrogen (secondary N) is 3. The number of aromatic nitrogens is 1. The van der Waals surface area contributed by atoms with Gasteiger partial charge in [0.15, 0.2) is 0 Å². The number of sulfonamides is 1. The smallest absolute Gasteiger partial charge is 0.259 e. The Hall–Kier alpha value is -5.24. The number of fused-ring (bicyclic) bond motifs is 1. The summed E-state index contributed by atoms with van der Waals surface area (Å²) in [6.45, 7) is 6.72. The lowest BCUT2D eigenvalue weighted by atomic mass is 10.1. The molecule has 4 amide bonds. The number of rotatable bonds is 13. The lowest BCUT2D eigenvalue weighted by molar-refractivity contribution is -0.139. The van der Waals surface area contributed by atoms with Crippen molar-refractivity contribution in [3.05, 3.63) is 79.9 Å². The third-order valence-electron chi connectivity index (χ3n) is 9.08. The Kier molecular flexibility index (Phi) is 9.16. The molecule has 0 radical (unpaired) electrons. The molecule has 6 rings (SSSR count). The second-order valence-corrected chi connectivity index (χ2v) is 14.4.